The van der Waals surface area contributed by atoms with Crippen LogP contribution in [0.25, 0.3) is 16.8 Å². The molecule has 0 spiro atoms. The van der Waals surface area contributed by atoms with Gasteiger partial charge in [-0.1, -0.05) is 17.7 Å². The van der Waals surface area contributed by atoms with Gasteiger partial charge in [0.2, 0.25) is 5.95 Å². The Morgan fingerprint density at radius 3 is 2.71 bits per heavy atom. The van der Waals surface area contributed by atoms with Crippen molar-refractivity contribution in [1.82, 2.24) is 19.5 Å². The summed E-state index contributed by atoms with van der Waals surface area (Å²) in [5.74, 6) is 0.651. The molecule has 0 bridgehead atoms. The number of alkyl halides is 2. The predicted octanol–water partition coefficient (Wildman–Crippen LogP) is 4.46. The Balaban J connectivity index is 1.78. The Morgan fingerprint density at radius 2 is 1.96 bits per heavy atom. The minimum atomic E-state index is -2.57. The van der Waals surface area contributed by atoms with E-state index < -0.39 is 6.43 Å². The standard InChI is InChI=1S/C21H25F2N5/c1-13-6-7-16(17(9-13)20(22)23)19-18-10-14(2)11-28(18)21(26-25-19)24-15-5-4-8-27(3)12-15/h6-7,9-11,15,20H,4-5,8,12H2,1-3H3,(H,24,26)/t15-/m1/s1. The van der Waals surface area contributed by atoms with Crippen LogP contribution in [-0.2, 0) is 0 Å². The number of halogens is 2. The van der Waals surface area contributed by atoms with E-state index in [-0.39, 0.29) is 5.56 Å². The first-order valence-corrected chi connectivity index (χ1v) is 9.62. The van der Waals surface area contributed by atoms with Crippen molar-refractivity contribution < 1.29 is 8.78 Å². The molecule has 1 aliphatic heterocycles. The van der Waals surface area contributed by atoms with E-state index in [0.29, 0.717) is 23.2 Å². The monoisotopic (exact) mass is 385 g/mol. The number of rotatable bonds is 4. The fourth-order valence-corrected chi connectivity index (χ4v) is 3.99. The van der Waals surface area contributed by atoms with Gasteiger partial charge < -0.3 is 10.2 Å². The summed E-state index contributed by atoms with van der Waals surface area (Å²) in [5, 5.41) is 12.2. The number of benzene rings is 1. The van der Waals surface area contributed by atoms with Gasteiger partial charge in [-0.25, -0.2) is 8.78 Å². The summed E-state index contributed by atoms with van der Waals surface area (Å²) in [6.45, 7) is 5.84. The molecule has 0 saturated carbocycles. The Hall–Kier alpha value is -2.54. The zero-order valence-corrected chi connectivity index (χ0v) is 16.4. The third kappa shape index (κ3) is 3.58. The number of aromatic nitrogens is 3. The van der Waals surface area contributed by atoms with Crippen LogP contribution >= 0.6 is 0 Å². The van der Waals surface area contributed by atoms with Crippen LogP contribution < -0.4 is 5.32 Å². The van der Waals surface area contributed by atoms with Gasteiger partial charge in [-0.05, 0) is 58.0 Å². The van der Waals surface area contributed by atoms with E-state index in [1.165, 1.54) is 6.07 Å². The van der Waals surface area contributed by atoms with E-state index in [1.807, 2.05) is 36.6 Å². The quantitative estimate of drug-likeness (QED) is 0.720. The molecule has 148 valence electrons. The van der Waals surface area contributed by atoms with Gasteiger partial charge in [-0.2, -0.15) is 0 Å². The number of likely N-dealkylation sites (tertiary alicyclic amines) is 1. The molecule has 4 rings (SSSR count). The van der Waals surface area contributed by atoms with Crippen LogP contribution in [0.3, 0.4) is 0 Å². The Bertz CT molecular complexity index is 998. The summed E-state index contributed by atoms with van der Waals surface area (Å²) >= 11 is 0. The topological polar surface area (TPSA) is 45.5 Å². The van der Waals surface area contributed by atoms with E-state index in [4.69, 9.17) is 0 Å². The molecule has 1 aromatic carbocycles. The SMILES string of the molecule is Cc1ccc(-c2nnc(N[C@@H]3CCCN(C)C3)n3cc(C)cc23)c(C(F)F)c1. The minimum Gasteiger partial charge on any atom is -0.350 e. The lowest BCUT2D eigenvalue weighted by atomic mass is 10.0. The molecule has 3 heterocycles. The van der Waals surface area contributed by atoms with Crippen LogP contribution in [0, 0.1) is 13.8 Å². The average Bonchev–Trinajstić information content (AvgIpc) is 3.04. The van der Waals surface area contributed by atoms with Crippen LogP contribution in [0.5, 0.6) is 0 Å². The number of aryl methyl sites for hydroxylation is 2. The fourth-order valence-electron chi connectivity index (χ4n) is 3.99. The zero-order valence-electron chi connectivity index (χ0n) is 16.4. The molecule has 0 aliphatic carbocycles. The summed E-state index contributed by atoms with van der Waals surface area (Å²) in [4.78, 5) is 2.29. The lowest BCUT2D eigenvalue weighted by Crippen LogP contribution is -2.40. The van der Waals surface area contributed by atoms with Crippen LogP contribution in [0.4, 0.5) is 14.7 Å². The molecular weight excluding hydrogens is 360 g/mol. The van der Waals surface area contributed by atoms with Gasteiger partial charge in [0.15, 0.2) is 0 Å². The Morgan fingerprint density at radius 1 is 1.14 bits per heavy atom. The highest BCUT2D eigenvalue weighted by atomic mass is 19.3. The van der Waals surface area contributed by atoms with Crippen molar-refractivity contribution in [2.75, 3.05) is 25.5 Å². The highest BCUT2D eigenvalue weighted by molar-refractivity contribution is 5.80. The number of nitrogens with zero attached hydrogens (tertiary/aromatic N) is 4. The number of likely N-dealkylation sites (N-methyl/N-ethyl adjacent to an activating group) is 1. The summed E-state index contributed by atoms with van der Waals surface area (Å²) in [6.07, 6.45) is 1.61. The number of fused-ring (bicyclic) bond motifs is 1. The molecule has 7 heteroatoms. The summed E-state index contributed by atoms with van der Waals surface area (Å²) < 4.78 is 29.2. The number of nitrogens with one attached hydrogen (secondary N) is 1. The average molecular weight is 385 g/mol. The third-order valence-corrected chi connectivity index (χ3v) is 5.33. The third-order valence-electron chi connectivity index (χ3n) is 5.33. The van der Waals surface area contributed by atoms with Crippen LogP contribution in [0.15, 0.2) is 30.5 Å². The molecule has 1 aliphatic rings. The zero-order chi connectivity index (χ0) is 19.8. The second-order valence-corrected chi connectivity index (χ2v) is 7.78. The Labute approximate surface area is 163 Å². The van der Waals surface area contributed by atoms with Gasteiger partial charge in [-0.3, -0.25) is 4.40 Å². The normalized spacial score (nSPS) is 18.1. The number of piperidine rings is 1. The lowest BCUT2D eigenvalue weighted by molar-refractivity contribution is 0.152. The molecule has 1 fully saturated rings. The summed E-state index contributed by atoms with van der Waals surface area (Å²) in [5.41, 5.74) is 3.52. The first-order valence-electron chi connectivity index (χ1n) is 9.62. The van der Waals surface area contributed by atoms with Crippen molar-refractivity contribution >= 4 is 11.5 Å². The maximum Gasteiger partial charge on any atom is 0.264 e. The molecule has 1 saturated heterocycles. The first-order chi connectivity index (χ1) is 13.4. The predicted molar refractivity (Wildman–Crippen MR) is 107 cm³/mol. The second kappa shape index (κ2) is 7.47. The van der Waals surface area contributed by atoms with Gasteiger partial charge >= 0.3 is 0 Å². The van der Waals surface area contributed by atoms with E-state index in [9.17, 15) is 8.78 Å². The van der Waals surface area contributed by atoms with Crippen molar-refractivity contribution in [3.63, 3.8) is 0 Å². The van der Waals surface area contributed by atoms with Crippen LogP contribution in [0.2, 0.25) is 0 Å². The van der Waals surface area contributed by atoms with E-state index in [0.717, 1.165) is 42.6 Å². The fraction of sp³-hybridized carbons (Fsp3) is 0.429. The number of anilines is 1. The molecule has 0 unspecified atom stereocenters. The van der Waals surface area contributed by atoms with E-state index >= 15 is 0 Å². The van der Waals surface area contributed by atoms with Crippen LogP contribution in [0.1, 0.15) is 36.0 Å². The summed E-state index contributed by atoms with van der Waals surface area (Å²) in [7, 11) is 2.11. The molecule has 0 amide bonds. The largest absolute Gasteiger partial charge is 0.350 e. The van der Waals surface area contributed by atoms with Gasteiger partial charge in [0, 0.05) is 29.9 Å². The highest BCUT2D eigenvalue weighted by Crippen LogP contribution is 2.34. The van der Waals surface area contributed by atoms with Gasteiger partial charge in [0.05, 0.1) is 5.52 Å². The molecule has 28 heavy (non-hydrogen) atoms. The minimum absolute atomic E-state index is 0.00957. The van der Waals surface area contributed by atoms with Gasteiger partial charge in [0.1, 0.15) is 5.69 Å². The van der Waals surface area contributed by atoms with E-state index in [2.05, 4.69) is 27.5 Å². The van der Waals surface area contributed by atoms with Crippen molar-refractivity contribution in [2.45, 2.75) is 39.2 Å². The van der Waals surface area contributed by atoms with Crippen molar-refractivity contribution in [2.24, 2.45) is 0 Å². The van der Waals surface area contributed by atoms with Crippen LogP contribution in [-0.4, -0.2) is 45.7 Å². The Kier molecular flexibility index (Phi) is 5.02. The maximum absolute atomic E-state index is 13.7. The van der Waals surface area contributed by atoms with Crippen molar-refractivity contribution in [3.8, 4) is 11.3 Å². The lowest BCUT2D eigenvalue weighted by Gasteiger charge is -2.30. The molecule has 1 N–H and O–H groups in total. The van der Waals surface area contributed by atoms with Crippen molar-refractivity contribution in [3.05, 3.63) is 47.2 Å². The smallest absolute Gasteiger partial charge is 0.264 e. The maximum atomic E-state index is 13.7. The van der Waals surface area contributed by atoms with Gasteiger partial charge in [-0.15, -0.1) is 10.2 Å². The molecule has 2 aromatic heterocycles. The number of hydrogen-bond donors (Lipinski definition) is 1. The van der Waals surface area contributed by atoms with Crippen molar-refractivity contribution in [1.29, 1.82) is 0 Å². The summed E-state index contributed by atoms with van der Waals surface area (Å²) in [6, 6.07) is 7.33. The second-order valence-electron chi connectivity index (χ2n) is 7.78. The highest BCUT2D eigenvalue weighted by Gasteiger charge is 2.22. The van der Waals surface area contributed by atoms with E-state index in [1.54, 1.807) is 6.07 Å². The first kappa shape index (κ1) is 18.8. The molecule has 5 nitrogen and oxygen atoms in total. The molecule has 1 atom stereocenters. The molecule has 0 radical (unpaired) electrons. The molecule has 3 aromatic rings. The van der Waals surface area contributed by atoms with Gasteiger partial charge in [0.25, 0.3) is 6.43 Å². The number of hydrogen-bond acceptors (Lipinski definition) is 4. The molecular formula is C21H25F2N5.